The Morgan fingerprint density at radius 2 is 1.60 bits per heavy atom. The molecule has 0 spiro atoms. The minimum absolute atomic E-state index is 0.276. The maximum atomic E-state index is 13.7. The molecule has 8 heteroatoms. The maximum Gasteiger partial charge on any atom is 0.254 e. The van der Waals surface area contributed by atoms with E-state index in [0.29, 0.717) is 17.6 Å². The first-order valence-electron chi connectivity index (χ1n) is 8.87. The Hall–Kier alpha value is -3.81. The molecule has 2 amide bonds. The van der Waals surface area contributed by atoms with Gasteiger partial charge in [-0.2, -0.15) is 0 Å². The summed E-state index contributed by atoms with van der Waals surface area (Å²) in [4.78, 5) is 25.8. The Bertz CT molecular complexity index is 1070. The normalized spacial score (nSPS) is 10.4. The van der Waals surface area contributed by atoms with E-state index >= 15 is 0 Å². The maximum absolute atomic E-state index is 13.7. The molecule has 30 heavy (non-hydrogen) atoms. The van der Waals surface area contributed by atoms with E-state index in [9.17, 15) is 22.8 Å². The van der Waals surface area contributed by atoms with Crippen LogP contribution in [0.15, 0.2) is 66.7 Å². The summed E-state index contributed by atoms with van der Waals surface area (Å²) < 4.78 is 45.6. The molecule has 0 bridgehead atoms. The fourth-order valence-corrected chi connectivity index (χ4v) is 2.64. The monoisotopic (exact) mass is 414 g/mol. The SMILES string of the molecule is CN(CC(=O)Nc1ccc(F)c(F)c1F)C(=O)c1cccc(Oc2ccccc2)c1. The van der Waals surface area contributed by atoms with Crippen molar-refractivity contribution in [2.45, 2.75) is 0 Å². The number of benzene rings is 3. The number of carbonyl (C=O) groups excluding carboxylic acids is 2. The smallest absolute Gasteiger partial charge is 0.254 e. The lowest BCUT2D eigenvalue weighted by atomic mass is 10.2. The summed E-state index contributed by atoms with van der Waals surface area (Å²) in [7, 11) is 1.38. The standard InChI is InChI=1S/C22H17F3N2O3/c1-27(13-19(28)26-18-11-10-17(23)20(24)21(18)25)22(29)14-6-5-9-16(12-14)30-15-7-3-2-4-8-15/h2-12H,13H2,1H3,(H,26,28). The van der Waals surface area contributed by atoms with E-state index in [1.54, 1.807) is 30.3 Å². The van der Waals surface area contributed by atoms with Gasteiger partial charge in [0.15, 0.2) is 17.5 Å². The quantitative estimate of drug-likeness (QED) is 0.600. The predicted molar refractivity (Wildman–Crippen MR) is 105 cm³/mol. The van der Waals surface area contributed by atoms with Crippen LogP contribution in [0.3, 0.4) is 0 Å². The van der Waals surface area contributed by atoms with E-state index in [-0.39, 0.29) is 5.56 Å². The highest BCUT2D eigenvalue weighted by Crippen LogP contribution is 2.23. The van der Waals surface area contributed by atoms with Crippen LogP contribution in [0.2, 0.25) is 0 Å². The molecular weight excluding hydrogens is 397 g/mol. The highest BCUT2D eigenvalue weighted by atomic mass is 19.2. The van der Waals surface area contributed by atoms with Crippen LogP contribution in [0.25, 0.3) is 0 Å². The van der Waals surface area contributed by atoms with E-state index < -0.39 is 41.5 Å². The minimum atomic E-state index is -1.69. The highest BCUT2D eigenvalue weighted by Gasteiger charge is 2.19. The second-order valence-electron chi connectivity index (χ2n) is 6.38. The van der Waals surface area contributed by atoms with Crippen molar-refractivity contribution in [3.8, 4) is 11.5 Å². The number of hydrogen-bond acceptors (Lipinski definition) is 3. The molecule has 0 radical (unpaired) electrons. The zero-order chi connectivity index (χ0) is 21.7. The molecule has 0 atom stereocenters. The van der Waals surface area contributed by atoms with Gasteiger partial charge >= 0.3 is 0 Å². The van der Waals surface area contributed by atoms with Gasteiger partial charge in [-0.25, -0.2) is 13.2 Å². The number of para-hydroxylation sites is 1. The Balaban J connectivity index is 1.65. The van der Waals surface area contributed by atoms with Gasteiger partial charge in [0.05, 0.1) is 12.2 Å². The minimum Gasteiger partial charge on any atom is -0.457 e. The van der Waals surface area contributed by atoms with Crippen LogP contribution in [0.1, 0.15) is 10.4 Å². The number of nitrogens with one attached hydrogen (secondary N) is 1. The second kappa shape index (κ2) is 9.13. The lowest BCUT2D eigenvalue weighted by molar-refractivity contribution is -0.116. The van der Waals surface area contributed by atoms with Crippen molar-refractivity contribution in [3.63, 3.8) is 0 Å². The molecule has 0 heterocycles. The number of rotatable bonds is 6. The Morgan fingerprint density at radius 3 is 2.33 bits per heavy atom. The van der Waals surface area contributed by atoms with Crippen LogP contribution in [-0.4, -0.2) is 30.3 Å². The van der Waals surface area contributed by atoms with Gasteiger partial charge < -0.3 is 15.0 Å². The van der Waals surface area contributed by atoms with Crippen molar-refractivity contribution in [2.75, 3.05) is 18.9 Å². The number of ether oxygens (including phenoxy) is 1. The number of carbonyl (C=O) groups is 2. The summed E-state index contributed by atoms with van der Waals surface area (Å²) in [5, 5.41) is 2.12. The molecule has 0 unspecified atom stereocenters. The first-order valence-corrected chi connectivity index (χ1v) is 8.87. The number of amides is 2. The van der Waals surface area contributed by atoms with Gasteiger partial charge in [-0.1, -0.05) is 24.3 Å². The van der Waals surface area contributed by atoms with Gasteiger partial charge in [0, 0.05) is 12.6 Å². The summed E-state index contributed by atoms with van der Waals surface area (Å²) >= 11 is 0. The third-order valence-electron chi connectivity index (χ3n) is 4.10. The summed E-state index contributed by atoms with van der Waals surface area (Å²) in [5.41, 5.74) is -0.240. The molecule has 3 aromatic rings. The molecule has 3 aromatic carbocycles. The van der Waals surface area contributed by atoms with E-state index in [1.165, 1.54) is 13.1 Å². The topological polar surface area (TPSA) is 58.6 Å². The van der Waals surface area contributed by atoms with Gasteiger partial charge in [-0.05, 0) is 42.5 Å². The summed E-state index contributed by atoms with van der Waals surface area (Å²) in [6.07, 6.45) is 0. The largest absolute Gasteiger partial charge is 0.457 e. The molecule has 3 rings (SSSR count). The van der Waals surface area contributed by atoms with E-state index in [4.69, 9.17) is 4.74 Å². The average molecular weight is 414 g/mol. The van der Waals surface area contributed by atoms with Gasteiger partial charge in [0.25, 0.3) is 5.91 Å². The van der Waals surface area contributed by atoms with Crippen molar-refractivity contribution in [2.24, 2.45) is 0 Å². The third-order valence-corrected chi connectivity index (χ3v) is 4.10. The molecule has 0 saturated carbocycles. The van der Waals surface area contributed by atoms with Crippen LogP contribution >= 0.6 is 0 Å². The lowest BCUT2D eigenvalue weighted by Crippen LogP contribution is -2.35. The molecule has 0 saturated heterocycles. The molecule has 0 aromatic heterocycles. The van der Waals surface area contributed by atoms with Crippen molar-refractivity contribution >= 4 is 17.5 Å². The molecular formula is C22H17F3N2O3. The van der Waals surface area contributed by atoms with Gasteiger partial charge in [-0.3, -0.25) is 9.59 Å². The van der Waals surface area contributed by atoms with Gasteiger partial charge in [0.2, 0.25) is 5.91 Å². The van der Waals surface area contributed by atoms with Crippen molar-refractivity contribution in [1.82, 2.24) is 4.90 Å². The zero-order valence-corrected chi connectivity index (χ0v) is 15.9. The number of hydrogen-bond donors (Lipinski definition) is 1. The van der Waals surface area contributed by atoms with Crippen LogP contribution in [-0.2, 0) is 4.79 Å². The number of nitrogens with zero attached hydrogens (tertiary/aromatic N) is 1. The molecule has 1 N–H and O–H groups in total. The third kappa shape index (κ3) is 4.96. The molecule has 0 aliphatic rings. The van der Waals surface area contributed by atoms with E-state index in [2.05, 4.69) is 5.32 Å². The second-order valence-corrected chi connectivity index (χ2v) is 6.38. The van der Waals surface area contributed by atoms with Crippen molar-refractivity contribution < 1.29 is 27.5 Å². The van der Waals surface area contributed by atoms with E-state index in [0.717, 1.165) is 11.0 Å². The highest BCUT2D eigenvalue weighted by molar-refractivity contribution is 5.99. The Labute approximate surface area is 170 Å². The molecule has 154 valence electrons. The zero-order valence-electron chi connectivity index (χ0n) is 15.9. The van der Waals surface area contributed by atoms with Crippen LogP contribution < -0.4 is 10.1 Å². The van der Waals surface area contributed by atoms with E-state index in [1.807, 2.05) is 18.2 Å². The fraction of sp³-hybridized carbons (Fsp3) is 0.0909. The number of anilines is 1. The summed E-state index contributed by atoms with van der Waals surface area (Å²) in [6.45, 7) is -0.430. The Morgan fingerprint density at radius 1 is 0.900 bits per heavy atom. The number of likely N-dealkylation sites (N-methyl/N-ethyl adjacent to an activating group) is 1. The lowest BCUT2D eigenvalue weighted by Gasteiger charge is -2.17. The number of halogens is 3. The predicted octanol–water partition coefficient (Wildman–Crippen LogP) is 4.61. The molecule has 0 aliphatic carbocycles. The molecule has 0 fully saturated rings. The van der Waals surface area contributed by atoms with Crippen molar-refractivity contribution in [1.29, 1.82) is 0 Å². The average Bonchev–Trinajstić information content (AvgIpc) is 2.74. The first kappa shape index (κ1) is 20.9. The van der Waals surface area contributed by atoms with Gasteiger partial charge in [-0.15, -0.1) is 0 Å². The molecule has 5 nitrogen and oxygen atoms in total. The van der Waals surface area contributed by atoms with Crippen molar-refractivity contribution in [3.05, 3.63) is 89.7 Å². The van der Waals surface area contributed by atoms with Crippen LogP contribution in [0.4, 0.5) is 18.9 Å². The van der Waals surface area contributed by atoms with Crippen LogP contribution in [0.5, 0.6) is 11.5 Å². The molecule has 0 aliphatic heterocycles. The van der Waals surface area contributed by atoms with Gasteiger partial charge in [0.1, 0.15) is 11.5 Å². The van der Waals surface area contributed by atoms with Crippen LogP contribution in [0, 0.1) is 17.5 Å². The first-order chi connectivity index (χ1) is 14.3. The summed E-state index contributed by atoms with van der Waals surface area (Å²) in [6, 6.07) is 17.0. The Kier molecular flexibility index (Phi) is 6.36. The fourth-order valence-electron chi connectivity index (χ4n) is 2.64. The summed E-state index contributed by atoms with van der Waals surface area (Å²) in [5.74, 6) is -4.77.